The Hall–Kier alpha value is -2.48. The summed E-state index contributed by atoms with van der Waals surface area (Å²) in [7, 11) is 0. The number of rotatable bonds is 3. The lowest BCUT2D eigenvalue weighted by Gasteiger charge is -2.27. The molecular formula is C18H17NO. The van der Waals surface area contributed by atoms with Crippen molar-refractivity contribution in [2.45, 2.75) is 12.8 Å². The third-order valence-corrected chi connectivity index (χ3v) is 3.34. The van der Waals surface area contributed by atoms with Crippen molar-refractivity contribution in [1.82, 2.24) is 0 Å². The van der Waals surface area contributed by atoms with Gasteiger partial charge in [0.2, 0.25) is 0 Å². The van der Waals surface area contributed by atoms with Crippen LogP contribution in [-0.2, 0) is 0 Å². The fourth-order valence-corrected chi connectivity index (χ4v) is 2.42. The van der Waals surface area contributed by atoms with Crippen LogP contribution in [0.5, 0.6) is 5.75 Å². The minimum Gasteiger partial charge on any atom is -0.508 e. The molecule has 3 rings (SSSR count). The molecule has 2 aromatic carbocycles. The highest BCUT2D eigenvalue weighted by Crippen LogP contribution is 2.33. The molecule has 0 radical (unpaired) electrons. The molecule has 0 saturated carbocycles. The van der Waals surface area contributed by atoms with Crippen molar-refractivity contribution in [1.29, 1.82) is 0 Å². The maximum atomic E-state index is 9.74. The molecule has 2 heteroatoms. The Morgan fingerprint density at radius 2 is 1.65 bits per heavy atom. The molecule has 100 valence electrons. The van der Waals surface area contributed by atoms with E-state index < -0.39 is 0 Å². The van der Waals surface area contributed by atoms with Crippen LogP contribution in [0.3, 0.4) is 0 Å². The molecule has 0 aromatic heterocycles. The third-order valence-electron chi connectivity index (χ3n) is 3.34. The Morgan fingerprint density at radius 3 is 2.35 bits per heavy atom. The third kappa shape index (κ3) is 2.59. The van der Waals surface area contributed by atoms with Gasteiger partial charge < -0.3 is 10.0 Å². The van der Waals surface area contributed by atoms with Crippen molar-refractivity contribution in [3.63, 3.8) is 0 Å². The number of phenolic OH excluding ortho intramolecular Hbond substituents is 1. The number of para-hydroxylation sites is 1. The van der Waals surface area contributed by atoms with Gasteiger partial charge in [-0.1, -0.05) is 36.4 Å². The Bertz CT molecular complexity index is 643. The van der Waals surface area contributed by atoms with Gasteiger partial charge in [-0.25, -0.2) is 0 Å². The van der Waals surface area contributed by atoms with Gasteiger partial charge >= 0.3 is 0 Å². The SMILES string of the molecule is Oc1cccc(N(C2=CCCC=C2)c2ccccc2)c1. The van der Waals surface area contributed by atoms with Crippen molar-refractivity contribution >= 4 is 11.4 Å². The minimum absolute atomic E-state index is 0.281. The number of anilines is 2. The second-order valence-corrected chi connectivity index (χ2v) is 4.80. The molecule has 0 atom stereocenters. The van der Waals surface area contributed by atoms with Gasteiger partial charge in [-0.3, -0.25) is 0 Å². The van der Waals surface area contributed by atoms with Crippen molar-refractivity contribution in [2.75, 3.05) is 4.90 Å². The lowest BCUT2D eigenvalue weighted by Crippen LogP contribution is -2.15. The van der Waals surface area contributed by atoms with Crippen LogP contribution in [0.2, 0.25) is 0 Å². The van der Waals surface area contributed by atoms with Crippen LogP contribution in [0.15, 0.2) is 78.5 Å². The molecule has 0 bridgehead atoms. The number of aromatic hydroxyl groups is 1. The zero-order valence-electron chi connectivity index (χ0n) is 11.2. The second-order valence-electron chi connectivity index (χ2n) is 4.80. The van der Waals surface area contributed by atoms with Crippen LogP contribution < -0.4 is 4.90 Å². The first-order valence-electron chi connectivity index (χ1n) is 6.85. The molecule has 0 aliphatic heterocycles. The van der Waals surface area contributed by atoms with Gasteiger partial charge in [0.05, 0.1) is 0 Å². The summed E-state index contributed by atoms with van der Waals surface area (Å²) >= 11 is 0. The molecule has 0 saturated heterocycles. The predicted molar refractivity (Wildman–Crippen MR) is 83.1 cm³/mol. The van der Waals surface area contributed by atoms with Crippen molar-refractivity contribution in [2.24, 2.45) is 0 Å². The fourth-order valence-electron chi connectivity index (χ4n) is 2.42. The van der Waals surface area contributed by atoms with E-state index in [9.17, 15) is 5.11 Å². The quantitative estimate of drug-likeness (QED) is 0.862. The first kappa shape index (κ1) is 12.5. The number of nitrogens with zero attached hydrogens (tertiary/aromatic N) is 1. The van der Waals surface area contributed by atoms with Crippen LogP contribution >= 0.6 is 0 Å². The largest absolute Gasteiger partial charge is 0.508 e. The zero-order chi connectivity index (χ0) is 13.8. The van der Waals surface area contributed by atoms with Gasteiger partial charge in [0, 0.05) is 23.1 Å². The van der Waals surface area contributed by atoms with Crippen LogP contribution in [-0.4, -0.2) is 5.11 Å². The van der Waals surface area contributed by atoms with Crippen LogP contribution in [0.4, 0.5) is 11.4 Å². The molecule has 0 amide bonds. The summed E-state index contributed by atoms with van der Waals surface area (Å²) in [5, 5.41) is 9.74. The summed E-state index contributed by atoms with van der Waals surface area (Å²) in [5.74, 6) is 0.281. The number of allylic oxidation sites excluding steroid dienone is 3. The van der Waals surface area contributed by atoms with E-state index in [2.05, 4.69) is 35.3 Å². The van der Waals surface area contributed by atoms with Crippen molar-refractivity contribution in [3.8, 4) is 5.75 Å². The van der Waals surface area contributed by atoms with Gasteiger partial charge in [0.25, 0.3) is 0 Å². The molecule has 0 heterocycles. The fraction of sp³-hybridized carbons (Fsp3) is 0.111. The van der Waals surface area contributed by atoms with Crippen LogP contribution in [0, 0.1) is 0 Å². The predicted octanol–water partition coefficient (Wildman–Crippen LogP) is 4.76. The molecule has 0 unspecified atom stereocenters. The molecule has 2 aromatic rings. The molecule has 2 nitrogen and oxygen atoms in total. The highest BCUT2D eigenvalue weighted by atomic mass is 16.3. The van der Waals surface area contributed by atoms with E-state index >= 15 is 0 Å². The first-order valence-corrected chi connectivity index (χ1v) is 6.85. The van der Waals surface area contributed by atoms with E-state index in [-0.39, 0.29) is 5.75 Å². The van der Waals surface area contributed by atoms with Crippen molar-refractivity contribution in [3.05, 3.63) is 78.5 Å². The summed E-state index contributed by atoms with van der Waals surface area (Å²) in [5.41, 5.74) is 3.21. The first-order chi connectivity index (χ1) is 9.84. The average molecular weight is 263 g/mol. The maximum Gasteiger partial charge on any atom is 0.117 e. The second kappa shape index (κ2) is 5.66. The van der Waals surface area contributed by atoms with E-state index in [0.717, 1.165) is 29.9 Å². The highest BCUT2D eigenvalue weighted by molar-refractivity contribution is 5.71. The summed E-state index contributed by atoms with van der Waals surface area (Å²) in [4.78, 5) is 2.16. The smallest absolute Gasteiger partial charge is 0.117 e. The van der Waals surface area contributed by atoms with Gasteiger partial charge in [-0.15, -0.1) is 0 Å². The Balaban J connectivity index is 2.08. The molecule has 1 N–H and O–H groups in total. The summed E-state index contributed by atoms with van der Waals surface area (Å²) in [6.45, 7) is 0. The van der Waals surface area contributed by atoms with Gasteiger partial charge in [0.1, 0.15) is 5.75 Å². The lowest BCUT2D eigenvalue weighted by molar-refractivity contribution is 0.475. The van der Waals surface area contributed by atoms with E-state index in [1.165, 1.54) is 0 Å². The Morgan fingerprint density at radius 1 is 0.850 bits per heavy atom. The van der Waals surface area contributed by atoms with E-state index in [0.29, 0.717) is 0 Å². The van der Waals surface area contributed by atoms with Crippen molar-refractivity contribution < 1.29 is 5.11 Å². The average Bonchev–Trinajstić information content (AvgIpc) is 2.50. The maximum absolute atomic E-state index is 9.74. The normalized spacial score (nSPS) is 13.9. The standard InChI is InChI=1S/C18H17NO/c20-18-13-7-12-17(14-18)19(15-8-3-1-4-9-15)16-10-5-2-6-11-16/h1,3-5,7-14,20H,2,6H2. The molecular weight excluding hydrogens is 246 g/mol. The molecule has 1 aliphatic carbocycles. The lowest BCUT2D eigenvalue weighted by atomic mass is 10.1. The summed E-state index contributed by atoms with van der Waals surface area (Å²) in [6, 6.07) is 17.6. The summed E-state index contributed by atoms with van der Waals surface area (Å²) in [6.07, 6.45) is 8.70. The molecule has 0 fully saturated rings. The van der Waals surface area contributed by atoms with E-state index in [1.807, 2.05) is 30.3 Å². The number of phenols is 1. The Labute approximate surface area is 119 Å². The van der Waals surface area contributed by atoms with Crippen LogP contribution in [0.1, 0.15) is 12.8 Å². The zero-order valence-corrected chi connectivity index (χ0v) is 11.2. The van der Waals surface area contributed by atoms with E-state index in [4.69, 9.17) is 0 Å². The molecule has 0 spiro atoms. The number of benzene rings is 2. The Kier molecular flexibility index (Phi) is 3.55. The molecule has 1 aliphatic rings. The topological polar surface area (TPSA) is 23.5 Å². The number of hydrogen-bond donors (Lipinski definition) is 1. The van der Waals surface area contributed by atoms with Gasteiger partial charge in [0.15, 0.2) is 0 Å². The summed E-state index contributed by atoms with van der Waals surface area (Å²) < 4.78 is 0. The number of hydrogen-bond acceptors (Lipinski definition) is 2. The monoisotopic (exact) mass is 263 g/mol. The van der Waals surface area contributed by atoms with Gasteiger partial charge in [-0.05, 0) is 43.2 Å². The minimum atomic E-state index is 0.281. The van der Waals surface area contributed by atoms with Crippen LogP contribution in [0.25, 0.3) is 0 Å². The van der Waals surface area contributed by atoms with E-state index in [1.54, 1.807) is 12.1 Å². The van der Waals surface area contributed by atoms with Gasteiger partial charge in [-0.2, -0.15) is 0 Å². The highest BCUT2D eigenvalue weighted by Gasteiger charge is 2.14. The molecule has 20 heavy (non-hydrogen) atoms.